The van der Waals surface area contributed by atoms with Crippen LogP contribution >= 0.6 is 0 Å². The first-order valence-electron chi connectivity index (χ1n) is 11.9. The number of rotatable bonds is 4. The van der Waals surface area contributed by atoms with Crippen molar-refractivity contribution in [3.63, 3.8) is 0 Å². The van der Waals surface area contributed by atoms with Gasteiger partial charge in [-0.2, -0.15) is 0 Å². The van der Waals surface area contributed by atoms with E-state index in [2.05, 4.69) is 16.4 Å². The van der Waals surface area contributed by atoms with Crippen LogP contribution in [-0.4, -0.2) is 59.6 Å². The van der Waals surface area contributed by atoms with Crippen molar-refractivity contribution in [3.05, 3.63) is 47.2 Å². The van der Waals surface area contributed by atoms with E-state index in [0.29, 0.717) is 25.2 Å². The summed E-state index contributed by atoms with van der Waals surface area (Å²) in [5.74, 6) is -2.22. The molecule has 6 rings (SSSR count). The molecule has 2 saturated heterocycles. The van der Waals surface area contributed by atoms with Gasteiger partial charge in [0.25, 0.3) is 0 Å². The van der Waals surface area contributed by atoms with Crippen LogP contribution in [0.25, 0.3) is 10.9 Å². The maximum Gasteiger partial charge on any atom is 0.341 e. The molecule has 0 unspecified atom stereocenters. The van der Waals surface area contributed by atoms with Gasteiger partial charge in [0, 0.05) is 24.0 Å². The lowest BCUT2D eigenvalue weighted by molar-refractivity contribution is -0.172. The molecule has 1 aromatic heterocycles. The first-order valence-corrected chi connectivity index (χ1v) is 11.9. The lowest BCUT2D eigenvalue weighted by Crippen LogP contribution is -2.63. The molecule has 2 bridgehead atoms. The molecular formula is C26H29N3O5. The largest absolute Gasteiger partial charge is 0.467 e. The van der Waals surface area contributed by atoms with Crippen molar-refractivity contribution in [1.82, 2.24) is 15.2 Å². The summed E-state index contributed by atoms with van der Waals surface area (Å²) in [6.45, 7) is 6.91. The highest BCUT2D eigenvalue weighted by Gasteiger charge is 2.82. The van der Waals surface area contributed by atoms with E-state index in [0.717, 1.165) is 22.0 Å². The van der Waals surface area contributed by atoms with Gasteiger partial charge in [0.05, 0.1) is 30.7 Å². The monoisotopic (exact) mass is 463 g/mol. The van der Waals surface area contributed by atoms with E-state index >= 15 is 0 Å². The minimum atomic E-state index is -1.51. The Kier molecular flexibility index (Phi) is 4.37. The number of hydrogen-bond donors (Lipinski definition) is 2. The van der Waals surface area contributed by atoms with Crippen molar-refractivity contribution < 1.29 is 23.9 Å². The maximum absolute atomic E-state index is 14.0. The Morgan fingerprint density at radius 2 is 2.15 bits per heavy atom. The first kappa shape index (κ1) is 21.4. The SMILES string of the molecule is COC(=O)[C@]12c3[nH]c4cc(C)ccc4c3CCN1C(=O)[C@H]1[C@@H](C(=O)NCC(C)C)[C@@H]3C=C[C@@]12O3. The molecule has 8 heteroatoms. The summed E-state index contributed by atoms with van der Waals surface area (Å²) in [5.41, 5.74) is 0.802. The molecule has 0 aliphatic carbocycles. The molecule has 2 fully saturated rings. The Hall–Kier alpha value is -3.13. The molecule has 4 aliphatic rings. The average molecular weight is 464 g/mol. The molecule has 34 heavy (non-hydrogen) atoms. The summed E-state index contributed by atoms with van der Waals surface area (Å²) in [5, 5.41) is 4.00. The van der Waals surface area contributed by atoms with Crippen LogP contribution in [0.1, 0.15) is 30.7 Å². The van der Waals surface area contributed by atoms with Crippen molar-refractivity contribution in [2.45, 2.75) is 44.4 Å². The third-order valence-electron chi connectivity index (χ3n) is 8.02. The highest BCUT2D eigenvalue weighted by molar-refractivity contribution is 6.03. The van der Waals surface area contributed by atoms with Gasteiger partial charge in [0.15, 0.2) is 0 Å². The number of amides is 2. The number of aromatic amines is 1. The van der Waals surface area contributed by atoms with Gasteiger partial charge >= 0.3 is 5.97 Å². The van der Waals surface area contributed by atoms with Gasteiger partial charge in [-0.15, -0.1) is 0 Å². The summed E-state index contributed by atoms with van der Waals surface area (Å²) in [7, 11) is 1.34. The fourth-order valence-electron chi connectivity index (χ4n) is 6.69. The van der Waals surface area contributed by atoms with Gasteiger partial charge in [-0.25, -0.2) is 4.79 Å². The Balaban J connectivity index is 1.57. The first-order chi connectivity index (χ1) is 16.3. The zero-order valence-electron chi connectivity index (χ0n) is 19.8. The zero-order chi connectivity index (χ0) is 24.0. The summed E-state index contributed by atoms with van der Waals surface area (Å²) < 4.78 is 11.9. The minimum Gasteiger partial charge on any atom is -0.467 e. The van der Waals surface area contributed by atoms with Crippen LogP contribution < -0.4 is 5.32 Å². The predicted molar refractivity (Wildman–Crippen MR) is 124 cm³/mol. The van der Waals surface area contributed by atoms with E-state index < -0.39 is 35.0 Å². The third kappa shape index (κ3) is 2.34. The number of methoxy groups -OCH3 is 1. The molecule has 1 spiro atoms. The van der Waals surface area contributed by atoms with Gasteiger partial charge in [-0.05, 0) is 42.5 Å². The molecule has 2 aromatic rings. The van der Waals surface area contributed by atoms with E-state index in [1.165, 1.54) is 7.11 Å². The molecule has 178 valence electrons. The third-order valence-corrected chi connectivity index (χ3v) is 8.02. The Morgan fingerprint density at radius 3 is 2.88 bits per heavy atom. The second kappa shape index (κ2) is 6.95. The van der Waals surface area contributed by atoms with E-state index in [1.54, 1.807) is 4.90 Å². The number of aromatic nitrogens is 1. The molecule has 2 amide bonds. The molecule has 2 N–H and O–H groups in total. The van der Waals surface area contributed by atoms with Crippen LogP contribution in [0.5, 0.6) is 0 Å². The van der Waals surface area contributed by atoms with Gasteiger partial charge in [0.2, 0.25) is 17.4 Å². The number of fused-ring (bicyclic) bond motifs is 6. The molecule has 5 heterocycles. The van der Waals surface area contributed by atoms with Crippen molar-refractivity contribution >= 4 is 28.7 Å². The summed E-state index contributed by atoms with van der Waals surface area (Å²) in [4.78, 5) is 46.1. The number of aryl methyl sites for hydroxylation is 1. The fourth-order valence-corrected chi connectivity index (χ4v) is 6.69. The number of ether oxygens (including phenoxy) is 2. The second-order valence-corrected chi connectivity index (χ2v) is 10.3. The van der Waals surface area contributed by atoms with Crippen molar-refractivity contribution in [2.24, 2.45) is 17.8 Å². The number of nitrogens with one attached hydrogen (secondary N) is 2. The molecular weight excluding hydrogens is 434 g/mol. The predicted octanol–water partition coefficient (Wildman–Crippen LogP) is 1.95. The van der Waals surface area contributed by atoms with E-state index in [-0.39, 0.29) is 17.7 Å². The maximum atomic E-state index is 14.0. The van der Waals surface area contributed by atoms with Gasteiger partial charge < -0.3 is 24.7 Å². The number of carbonyl (C=O) groups is 3. The summed E-state index contributed by atoms with van der Waals surface area (Å²) in [6, 6.07) is 6.14. The topological polar surface area (TPSA) is 101 Å². The van der Waals surface area contributed by atoms with Crippen LogP contribution in [0.2, 0.25) is 0 Å². The van der Waals surface area contributed by atoms with Gasteiger partial charge in [0.1, 0.15) is 5.60 Å². The number of benzene rings is 1. The minimum absolute atomic E-state index is 0.212. The van der Waals surface area contributed by atoms with Gasteiger partial charge in [-0.1, -0.05) is 32.1 Å². The van der Waals surface area contributed by atoms with Crippen LogP contribution in [0.4, 0.5) is 0 Å². The van der Waals surface area contributed by atoms with Crippen molar-refractivity contribution in [2.75, 3.05) is 20.2 Å². The average Bonchev–Trinajstić information content (AvgIpc) is 3.54. The Bertz CT molecular complexity index is 1280. The van der Waals surface area contributed by atoms with Crippen molar-refractivity contribution in [3.8, 4) is 0 Å². The van der Waals surface area contributed by atoms with E-state index in [4.69, 9.17) is 9.47 Å². The summed E-state index contributed by atoms with van der Waals surface area (Å²) >= 11 is 0. The Labute approximate surface area is 197 Å². The molecule has 4 aliphatic heterocycles. The summed E-state index contributed by atoms with van der Waals surface area (Å²) in [6.07, 6.45) is 3.69. The van der Waals surface area contributed by atoms with E-state index in [1.807, 2.05) is 45.1 Å². The van der Waals surface area contributed by atoms with E-state index in [9.17, 15) is 14.4 Å². The highest BCUT2D eigenvalue weighted by atomic mass is 16.6. The lowest BCUT2D eigenvalue weighted by atomic mass is 9.66. The number of esters is 1. The van der Waals surface area contributed by atoms with Crippen LogP contribution in [0.3, 0.4) is 0 Å². The Morgan fingerprint density at radius 1 is 1.35 bits per heavy atom. The second-order valence-electron chi connectivity index (χ2n) is 10.3. The number of hydrogen-bond acceptors (Lipinski definition) is 5. The normalized spacial score (nSPS) is 32.8. The highest BCUT2D eigenvalue weighted by Crippen LogP contribution is 2.64. The van der Waals surface area contributed by atoms with Crippen molar-refractivity contribution in [1.29, 1.82) is 0 Å². The van der Waals surface area contributed by atoms with Crippen LogP contribution in [0.15, 0.2) is 30.4 Å². The number of H-pyrrole nitrogens is 1. The van der Waals surface area contributed by atoms with Crippen LogP contribution in [-0.2, 0) is 35.8 Å². The lowest BCUT2D eigenvalue weighted by Gasteiger charge is -2.46. The zero-order valence-corrected chi connectivity index (χ0v) is 19.8. The molecule has 0 saturated carbocycles. The number of carbonyl (C=O) groups excluding carboxylic acids is 3. The fraction of sp³-hybridized carbons (Fsp3) is 0.500. The number of nitrogens with zero attached hydrogens (tertiary/aromatic N) is 1. The molecule has 0 radical (unpaired) electrons. The van der Waals surface area contributed by atoms with Crippen LogP contribution in [0, 0.1) is 24.7 Å². The van der Waals surface area contributed by atoms with Gasteiger partial charge in [-0.3, -0.25) is 9.59 Å². The molecule has 8 nitrogen and oxygen atoms in total. The molecule has 5 atom stereocenters. The standard InChI is InChI=1S/C26H29N3O5/c1-13(2)12-27-22(30)19-18-7-9-25(34-18)20(19)23(31)29-10-8-16-15-6-5-14(3)11-17(15)28-21(16)26(25,29)24(32)33-4/h5-7,9,11,13,18-20,28H,8,10,12H2,1-4H3,(H,27,30)/t18-,19-,20+,25+,26-/m0/s1. The quantitative estimate of drug-likeness (QED) is 0.533. The molecule has 1 aromatic carbocycles. The smallest absolute Gasteiger partial charge is 0.341 e.